The summed E-state index contributed by atoms with van der Waals surface area (Å²) in [5.74, 6) is 0.782. The molecule has 3 aromatic carbocycles. The number of halogens is 2. The van der Waals surface area contributed by atoms with E-state index in [4.69, 9.17) is 16.3 Å². The van der Waals surface area contributed by atoms with Crippen molar-refractivity contribution in [2.75, 3.05) is 0 Å². The highest BCUT2D eigenvalue weighted by Crippen LogP contribution is 2.21. The molecule has 3 aromatic rings. The van der Waals surface area contributed by atoms with Crippen LogP contribution in [0.25, 0.3) is 11.6 Å². The Morgan fingerprint density at radius 2 is 1.62 bits per heavy atom. The lowest BCUT2D eigenvalue weighted by atomic mass is 10.0. The monoisotopic (exact) mass is 471 g/mol. The van der Waals surface area contributed by atoms with Crippen molar-refractivity contribution in [3.8, 4) is 11.8 Å². The maximum atomic E-state index is 9.44. The number of nitriles is 1. The number of nitrogens with zero attached hydrogens (tertiary/aromatic N) is 1. The molecule has 0 aromatic heterocycles. The molecule has 2 nitrogen and oxygen atoms in total. The van der Waals surface area contributed by atoms with Crippen LogP contribution >= 0.6 is 34.2 Å². The minimum atomic E-state index is 0.485. The van der Waals surface area contributed by atoms with E-state index in [9.17, 15) is 5.26 Å². The average Bonchev–Trinajstić information content (AvgIpc) is 2.67. The Kier molecular flexibility index (Phi) is 6.32. The first kappa shape index (κ1) is 18.5. The second-order valence-corrected chi connectivity index (χ2v) is 7.34. The van der Waals surface area contributed by atoms with Crippen molar-refractivity contribution < 1.29 is 4.74 Å². The average molecular weight is 472 g/mol. The molecule has 0 aliphatic rings. The molecule has 26 heavy (non-hydrogen) atoms. The summed E-state index contributed by atoms with van der Waals surface area (Å²) in [6.45, 7) is 0.485. The van der Waals surface area contributed by atoms with Gasteiger partial charge in [-0.2, -0.15) is 5.26 Å². The van der Waals surface area contributed by atoms with Crippen molar-refractivity contribution in [2.45, 2.75) is 6.61 Å². The van der Waals surface area contributed by atoms with Gasteiger partial charge in [-0.15, -0.1) is 0 Å². The largest absolute Gasteiger partial charge is 0.489 e. The molecule has 128 valence electrons. The first-order valence-corrected chi connectivity index (χ1v) is 9.45. The van der Waals surface area contributed by atoms with Crippen molar-refractivity contribution in [3.63, 3.8) is 0 Å². The van der Waals surface area contributed by atoms with E-state index in [-0.39, 0.29) is 0 Å². The maximum absolute atomic E-state index is 9.44. The van der Waals surface area contributed by atoms with Gasteiger partial charge in [-0.05, 0) is 81.8 Å². The minimum Gasteiger partial charge on any atom is -0.489 e. The van der Waals surface area contributed by atoms with Crippen LogP contribution in [0.2, 0.25) is 5.02 Å². The molecule has 0 fully saturated rings. The topological polar surface area (TPSA) is 33.0 Å². The summed E-state index contributed by atoms with van der Waals surface area (Å²) < 4.78 is 6.93. The van der Waals surface area contributed by atoms with E-state index >= 15 is 0 Å². The van der Waals surface area contributed by atoms with Gasteiger partial charge >= 0.3 is 0 Å². The Labute approximate surface area is 171 Å². The van der Waals surface area contributed by atoms with Gasteiger partial charge in [-0.25, -0.2) is 0 Å². The summed E-state index contributed by atoms with van der Waals surface area (Å²) in [4.78, 5) is 0. The normalized spacial score (nSPS) is 11.0. The molecule has 0 saturated carbocycles. The van der Waals surface area contributed by atoms with Crippen LogP contribution < -0.4 is 4.74 Å². The van der Waals surface area contributed by atoms with Crippen molar-refractivity contribution in [2.24, 2.45) is 0 Å². The van der Waals surface area contributed by atoms with E-state index in [1.54, 1.807) is 0 Å². The van der Waals surface area contributed by atoms with E-state index in [2.05, 4.69) is 28.7 Å². The van der Waals surface area contributed by atoms with E-state index in [0.29, 0.717) is 17.2 Å². The molecular formula is C22H15ClINO. The number of allylic oxidation sites excluding steroid dienone is 1. The van der Waals surface area contributed by atoms with Gasteiger partial charge in [-0.3, -0.25) is 0 Å². The van der Waals surface area contributed by atoms with E-state index < -0.39 is 0 Å². The zero-order valence-corrected chi connectivity index (χ0v) is 16.7. The highest BCUT2D eigenvalue weighted by Gasteiger charge is 2.02. The van der Waals surface area contributed by atoms with Crippen LogP contribution in [0.15, 0.2) is 72.8 Å². The predicted molar refractivity (Wildman–Crippen MR) is 115 cm³/mol. The summed E-state index contributed by atoms with van der Waals surface area (Å²) >= 11 is 8.13. The molecule has 4 heteroatoms. The Morgan fingerprint density at radius 1 is 0.962 bits per heavy atom. The lowest BCUT2D eigenvalue weighted by Gasteiger charge is -2.07. The maximum Gasteiger partial charge on any atom is 0.119 e. The summed E-state index contributed by atoms with van der Waals surface area (Å²) in [5, 5.41) is 10.2. The molecule has 0 amide bonds. The second kappa shape index (κ2) is 8.88. The third-order valence-corrected chi connectivity index (χ3v) is 4.76. The molecule has 0 bridgehead atoms. The van der Waals surface area contributed by atoms with Gasteiger partial charge in [0, 0.05) is 8.59 Å². The van der Waals surface area contributed by atoms with Gasteiger partial charge < -0.3 is 4.74 Å². The van der Waals surface area contributed by atoms with Crippen molar-refractivity contribution >= 4 is 45.8 Å². The fourth-order valence-corrected chi connectivity index (χ4v) is 2.87. The number of rotatable bonds is 5. The zero-order chi connectivity index (χ0) is 18.4. The third-order valence-electron chi connectivity index (χ3n) is 3.79. The molecule has 0 radical (unpaired) electrons. The first-order chi connectivity index (χ1) is 12.6. The lowest BCUT2D eigenvalue weighted by molar-refractivity contribution is 0.306. The van der Waals surface area contributed by atoms with Gasteiger partial charge in [0.2, 0.25) is 0 Å². The molecule has 0 atom stereocenters. The quantitative estimate of drug-likeness (QED) is 0.239. The number of ether oxygens (including phenoxy) is 1. The van der Waals surface area contributed by atoms with Crippen molar-refractivity contribution in [1.82, 2.24) is 0 Å². The fraction of sp³-hybridized carbons (Fsp3) is 0.0455. The van der Waals surface area contributed by atoms with Crippen LogP contribution in [-0.4, -0.2) is 0 Å². The zero-order valence-electron chi connectivity index (χ0n) is 13.8. The molecule has 3 rings (SSSR count). The SMILES string of the molecule is N#C/C(=C/c1ccc(OCc2ccc(Cl)cc2)cc1)c1ccc(I)cc1. The van der Waals surface area contributed by atoms with Gasteiger partial charge in [0.05, 0.1) is 11.6 Å². The van der Waals surface area contributed by atoms with Gasteiger partial charge in [0.1, 0.15) is 12.4 Å². The number of benzene rings is 3. The smallest absolute Gasteiger partial charge is 0.119 e. The van der Waals surface area contributed by atoms with E-state index in [0.717, 1.165) is 26.0 Å². The standard InChI is InChI=1S/C22H15ClINO/c23-20-7-1-17(2-8-20)15-26-22-11-3-16(4-12-22)13-19(14-25)18-5-9-21(24)10-6-18/h1-13H,15H2/b19-13-. The number of hydrogen-bond acceptors (Lipinski definition) is 2. The Hall–Kier alpha value is -2.29. The fourth-order valence-electron chi connectivity index (χ4n) is 2.38. The molecular weight excluding hydrogens is 457 g/mol. The molecule has 0 aliphatic carbocycles. The minimum absolute atomic E-state index is 0.485. The van der Waals surface area contributed by atoms with Gasteiger partial charge in [0.25, 0.3) is 0 Å². The predicted octanol–water partition coefficient (Wildman–Crippen LogP) is 6.59. The lowest BCUT2D eigenvalue weighted by Crippen LogP contribution is -1.94. The Bertz CT molecular complexity index is 939. The molecule has 0 heterocycles. The summed E-state index contributed by atoms with van der Waals surface area (Å²) in [6, 6.07) is 25.5. The molecule has 0 unspecified atom stereocenters. The molecule has 0 aliphatic heterocycles. The third kappa shape index (κ3) is 5.10. The first-order valence-electron chi connectivity index (χ1n) is 7.99. The summed E-state index contributed by atoms with van der Waals surface area (Å²) in [5.41, 5.74) is 3.56. The Balaban J connectivity index is 1.69. The molecule has 0 saturated heterocycles. The van der Waals surface area contributed by atoms with Crippen LogP contribution in [0.4, 0.5) is 0 Å². The summed E-state index contributed by atoms with van der Waals surface area (Å²) in [6.07, 6.45) is 1.88. The van der Waals surface area contributed by atoms with Crippen LogP contribution in [-0.2, 0) is 6.61 Å². The highest BCUT2D eigenvalue weighted by molar-refractivity contribution is 14.1. The van der Waals surface area contributed by atoms with Crippen LogP contribution in [0, 0.1) is 14.9 Å². The highest BCUT2D eigenvalue weighted by atomic mass is 127. The van der Waals surface area contributed by atoms with Crippen LogP contribution in [0.5, 0.6) is 5.75 Å². The number of hydrogen-bond donors (Lipinski definition) is 0. The Morgan fingerprint density at radius 3 is 2.23 bits per heavy atom. The second-order valence-electron chi connectivity index (χ2n) is 5.66. The molecule has 0 spiro atoms. The van der Waals surface area contributed by atoms with Crippen LogP contribution in [0.3, 0.4) is 0 Å². The van der Waals surface area contributed by atoms with Crippen molar-refractivity contribution in [3.05, 3.63) is 98.1 Å². The van der Waals surface area contributed by atoms with E-state index in [1.807, 2.05) is 78.9 Å². The summed E-state index contributed by atoms with van der Waals surface area (Å²) in [7, 11) is 0. The van der Waals surface area contributed by atoms with Crippen molar-refractivity contribution in [1.29, 1.82) is 5.26 Å². The van der Waals surface area contributed by atoms with Gasteiger partial charge in [-0.1, -0.05) is 48.0 Å². The van der Waals surface area contributed by atoms with Gasteiger partial charge in [0.15, 0.2) is 0 Å². The van der Waals surface area contributed by atoms with Crippen LogP contribution in [0.1, 0.15) is 16.7 Å². The van der Waals surface area contributed by atoms with E-state index in [1.165, 1.54) is 0 Å². The molecule has 0 N–H and O–H groups in total.